The molecule has 84 valence electrons. The number of ether oxygens (including phenoxy) is 1. The van der Waals surface area contributed by atoms with Crippen molar-refractivity contribution in [2.24, 2.45) is 5.73 Å². The molecule has 0 fully saturated rings. The Morgan fingerprint density at radius 3 is 2.87 bits per heavy atom. The number of hydrogen-bond donors (Lipinski definition) is 2. The van der Waals surface area contributed by atoms with Crippen LogP contribution in [0.2, 0.25) is 10.0 Å². The zero-order chi connectivity index (χ0) is 11.3. The van der Waals surface area contributed by atoms with Gasteiger partial charge in [0.2, 0.25) is 0 Å². The van der Waals surface area contributed by atoms with Gasteiger partial charge in [-0.25, -0.2) is 4.98 Å². The second-order valence-electron chi connectivity index (χ2n) is 3.02. The molecule has 0 spiro atoms. The Bertz CT molecular complexity index is 322. The van der Waals surface area contributed by atoms with Crippen molar-refractivity contribution in [3.8, 4) is 0 Å². The second kappa shape index (κ2) is 6.12. The Morgan fingerprint density at radius 2 is 2.33 bits per heavy atom. The van der Waals surface area contributed by atoms with Crippen LogP contribution in [0.5, 0.6) is 0 Å². The van der Waals surface area contributed by atoms with Crippen LogP contribution in [0.4, 0.5) is 5.82 Å². The molecule has 0 aliphatic carbocycles. The Kier molecular flexibility index (Phi) is 5.11. The molecule has 0 saturated carbocycles. The van der Waals surface area contributed by atoms with Crippen LogP contribution in [-0.2, 0) is 4.74 Å². The molecule has 1 heterocycles. The predicted octanol–water partition coefficient (Wildman–Crippen LogP) is 1.77. The molecule has 0 radical (unpaired) electrons. The number of rotatable bonds is 5. The average Bonchev–Trinajstić information content (AvgIpc) is 2.21. The molecule has 1 aromatic rings. The van der Waals surface area contributed by atoms with E-state index in [1.54, 1.807) is 13.2 Å². The highest BCUT2D eigenvalue weighted by atomic mass is 35.5. The van der Waals surface area contributed by atoms with Gasteiger partial charge in [0.05, 0.1) is 22.7 Å². The molecule has 0 saturated heterocycles. The minimum absolute atomic E-state index is 0.0128. The fourth-order valence-corrected chi connectivity index (χ4v) is 1.52. The largest absolute Gasteiger partial charge is 0.383 e. The summed E-state index contributed by atoms with van der Waals surface area (Å²) in [4.78, 5) is 4.06. The van der Waals surface area contributed by atoms with Crippen molar-refractivity contribution in [1.29, 1.82) is 0 Å². The summed E-state index contributed by atoms with van der Waals surface area (Å²) in [6, 6.07) is 1.61. The van der Waals surface area contributed by atoms with Gasteiger partial charge in [-0.3, -0.25) is 0 Å². The van der Waals surface area contributed by atoms with E-state index in [2.05, 4.69) is 10.3 Å². The molecule has 15 heavy (non-hydrogen) atoms. The third-order valence-electron chi connectivity index (χ3n) is 1.80. The lowest BCUT2D eigenvalue weighted by atomic mass is 10.3. The molecule has 0 amide bonds. The van der Waals surface area contributed by atoms with E-state index in [4.69, 9.17) is 33.7 Å². The monoisotopic (exact) mass is 249 g/mol. The smallest absolute Gasteiger partial charge is 0.145 e. The molecule has 1 unspecified atom stereocenters. The summed E-state index contributed by atoms with van der Waals surface area (Å²) < 4.78 is 4.99. The maximum atomic E-state index is 5.94. The SMILES string of the molecule is COCC(CN)Nc1ncc(Cl)cc1Cl. The minimum atomic E-state index is -0.0128. The molecule has 0 aliphatic rings. The molecular formula is C9H13Cl2N3O. The van der Waals surface area contributed by atoms with Crippen LogP contribution in [0.15, 0.2) is 12.3 Å². The van der Waals surface area contributed by atoms with Crippen LogP contribution in [0, 0.1) is 0 Å². The van der Waals surface area contributed by atoms with Gasteiger partial charge in [-0.1, -0.05) is 23.2 Å². The quantitative estimate of drug-likeness (QED) is 0.836. The first-order valence-electron chi connectivity index (χ1n) is 4.44. The Labute approximate surface area is 98.7 Å². The molecule has 0 aliphatic heterocycles. The van der Waals surface area contributed by atoms with Gasteiger partial charge in [0, 0.05) is 19.9 Å². The van der Waals surface area contributed by atoms with Crippen molar-refractivity contribution in [2.75, 3.05) is 25.6 Å². The molecule has 1 rings (SSSR count). The number of hydrogen-bond acceptors (Lipinski definition) is 4. The van der Waals surface area contributed by atoms with E-state index in [-0.39, 0.29) is 6.04 Å². The fraction of sp³-hybridized carbons (Fsp3) is 0.444. The van der Waals surface area contributed by atoms with E-state index in [1.807, 2.05) is 0 Å². The van der Waals surface area contributed by atoms with Gasteiger partial charge in [0.1, 0.15) is 5.82 Å². The highest BCUT2D eigenvalue weighted by molar-refractivity contribution is 6.35. The number of nitrogens with two attached hydrogens (primary N) is 1. The zero-order valence-electron chi connectivity index (χ0n) is 8.34. The van der Waals surface area contributed by atoms with Crippen molar-refractivity contribution in [3.63, 3.8) is 0 Å². The third kappa shape index (κ3) is 3.83. The highest BCUT2D eigenvalue weighted by Gasteiger charge is 2.09. The number of methoxy groups -OCH3 is 1. The summed E-state index contributed by atoms with van der Waals surface area (Å²) in [5.74, 6) is 0.563. The number of halogens is 2. The van der Waals surface area contributed by atoms with Gasteiger partial charge in [-0.15, -0.1) is 0 Å². The van der Waals surface area contributed by atoms with Gasteiger partial charge >= 0.3 is 0 Å². The van der Waals surface area contributed by atoms with E-state index in [9.17, 15) is 0 Å². The Hall–Kier alpha value is -0.550. The molecular weight excluding hydrogens is 237 g/mol. The summed E-state index contributed by atoms with van der Waals surface area (Å²) in [6.07, 6.45) is 1.52. The maximum absolute atomic E-state index is 5.94. The number of nitrogens with one attached hydrogen (secondary N) is 1. The first kappa shape index (κ1) is 12.5. The second-order valence-corrected chi connectivity index (χ2v) is 3.86. The molecule has 4 nitrogen and oxygen atoms in total. The fourth-order valence-electron chi connectivity index (χ4n) is 1.08. The van der Waals surface area contributed by atoms with Crippen molar-refractivity contribution in [2.45, 2.75) is 6.04 Å². The summed E-state index contributed by atoms with van der Waals surface area (Å²) in [5.41, 5.74) is 5.55. The highest BCUT2D eigenvalue weighted by Crippen LogP contribution is 2.22. The van der Waals surface area contributed by atoms with Crippen molar-refractivity contribution in [1.82, 2.24) is 4.98 Å². The number of pyridine rings is 1. The van der Waals surface area contributed by atoms with E-state index >= 15 is 0 Å². The van der Waals surface area contributed by atoms with E-state index < -0.39 is 0 Å². The van der Waals surface area contributed by atoms with Crippen LogP contribution in [-0.4, -0.2) is 31.3 Å². The van der Waals surface area contributed by atoms with Crippen LogP contribution < -0.4 is 11.1 Å². The minimum Gasteiger partial charge on any atom is -0.383 e. The number of aromatic nitrogens is 1. The van der Waals surface area contributed by atoms with Gasteiger partial charge in [-0.05, 0) is 6.07 Å². The van der Waals surface area contributed by atoms with Crippen molar-refractivity contribution in [3.05, 3.63) is 22.3 Å². The first-order chi connectivity index (χ1) is 7.17. The number of anilines is 1. The normalized spacial score (nSPS) is 12.5. The first-order valence-corrected chi connectivity index (χ1v) is 5.19. The van der Waals surface area contributed by atoms with Gasteiger partial charge in [0.25, 0.3) is 0 Å². The Balaban J connectivity index is 2.70. The summed E-state index contributed by atoms with van der Waals surface area (Å²) in [5, 5.41) is 4.04. The Morgan fingerprint density at radius 1 is 1.60 bits per heavy atom. The molecule has 0 bridgehead atoms. The van der Waals surface area contributed by atoms with Gasteiger partial charge in [0.15, 0.2) is 0 Å². The third-order valence-corrected chi connectivity index (χ3v) is 2.30. The lowest BCUT2D eigenvalue weighted by Gasteiger charge is -2.17. The summed E-state index contributed by atoms with van der Waals surface area (Å²) in [6.45, 7) is 0.936. The van der Waals surface area contributed by atoms with E-state index in [0.29, 0.717) is 29.0 Å². The number of nitrogens with zero attached hydrogens (tertiary/aromatic N) is 1. The lowest BCUT2D eigenvalue weighted by Crippen LogP contribution is -2.33. The van der Waals surface area contributed by atoms with E-state index in [0.717, 1.165) is 0 Å². The molecule has 0 aromatic carbocycles. The maximum Gasteiger partial charge on any atom is 0.145 e. The van der Waals surface area contributed by atoms with Crippen LogP contribution in [0.25, 0.3) is 0 Å². The summed E-state index contributed by atoms with van der Waals surface area (Å²) in [7, 11) is 1.61. The standard InChI is InChI=1S/C9H13Cl2N3O/c1-15-5-7(3-12)14-9-8(11)2-6(10)4-13-9/h2,4,7H,3,5,12H2,1H3,(H,13,14). The van der Waals surface area contributed by atoms with Crippen LogP contribution in [0.3, 0.4) is 0 Å². The lowest BCUT2D eigenvalue weighted by molar-refractivity contribution is 0.187. The van der Waals surface area contributed by atoms with Crippen molar-refractivity contribution >= 4 is 29.0 Å². The molecule has 6 heteroatoms. The van der Waals surface area contributed by atoms with Gasteiger partial charge < -0.3 is 15.8 Å². The van der Waals surface area contributed by atoms with Crippen molar-refractivity contribution < 1.29 is 4.74 Å². The van der Waals surface area contributed by atoms with Gasteiger partial charge in [-0.2, -0.15) is 0 Å². The zero-order valence-corrected chi connectivity index (χ0v) is 9.85. The van der Waals surface area contributed by atoms with Crippen LogP contribution >= 0.6 is 23.2 Å². The van der Waals surface area contributed by atoms with E-state index in [1.165, 1.54) is 6.20 Å². The summed E-state index contributed by atoms with van der Waals surface area (Å²) >= 11 is 11.7. The van der Waals surface area contributed by atoms with Crippen LogP contribution in [0.1, 0.15) is 0 Å². The molecule has 3 N–H and O–H groups in total. The molecule has 1 atom stereocenters. The predicted molar refractivity (Wildman–Crippen MR) is 62.6 cm³/mol. The molecule has 1 aromatic heterocycles. The topological polar surface area (TPSA) is 60.2 Å². The average molecular weight is 250 g/mol.